The molecule has 1 heterocycles. The lowest BCUT2D eigenvalue weighted by Gasteiger charge is -1.99. The average Bonchev–Trinajstić information content (AvgIpc) is 2.40. The van der Waals surface area contributed by atoms with Crippen molar-refractivity contribution in [1.82, 2.24) is 4.68 Å². The van der Waals surface area contributed by atoms with E-state index >= 15 is 0 Å². The summed E-state index contributed by atoms with van der Waals surface area (Å²) < 4.78 is 4.11. The molecule has 0 aliphatic heterocycles. The van der Waals surface area contributed by atoms with Gasteiger partial charge in [-0.05, 0) is 13.3 Å². The van der Waals surface area contributed by atoms with Crippen LogP contribution in [0.15, 0.2) is 6.20 Å². The summed E-state index contributed by atoms with van der Waals surface area (Å²) in [4.78, 5) is 0. The van der Waals surface area contributed by atoms with Crippen molar-refractivity contribution < 1.29 is 9.79 Å². The number of hydrogen-bond acceptors (Lipinski definition) is 1. The SMILES string of the molecule is CCc1c[n+](C)n(CC)c1CO. The van der Waals surface area contributed by atoms with Crippen LogP contribution in [0.2, 0.25) is 0 Å². The third kappa shape index (κ3) is 1.37. The molecule has 0 unspecified atom stereocenters. The molecule has 3 nitrogen and oxygen atoms in total. The van der Waals surface area contributed by atoms with Gasteiger partial charge in [0.05, 0.1) is 13.2 Å². The fraction of sp³-hybridized carbons (Fsp3) is 0.667. The topological polar surface area (TPSA) is 29.0 Å². The highest BCUT2D eigenvalue weighted by atomic mass is 16.3. The summed E-state index contributed by atoms with van der Waals surface area (Å²) in [6.07, 6.45) is 3.06. The summed E-state index contributed by atoms with van der Waals surface area (Å²) in [5.41, 5.74) is 2.28. The van der Waals surface area contributed by atoms with Gasteiger partial charge in [0.1, 0.15) is 5.69 Å². The fourth-order valence-corrected chi connectivity index (χ4v) is 1.62. The molecule has 0 saturated heterocycles. The van der Waals surface area contributed by atoms with Gasteiger partial charge in [-0.15, -0.1) is 4.68 Å². The lowest BCUT2D eigenvalue weighted by atomic mass is 10.2. The van der Waals surface area contributed by atoms with Gasteiger partial charge in [0, 0.05) is 5.56 Å². The highest BCUT2D eigenvalue weighted by Gasteiger charge is 2.15. The Kier molecular flexibility index (Phi) is 2.87. The van der Waals surface area contributed by atoms with Gasteiger partial charge in [-0.1, -0.05) is 6.92 Å². The van der Waals surface area contributed by atoms with E-state index in [2.05, 4.69) is 24.7 Å². The minimum atomic E-state index is 0.137. The van der Waals surface area contributed by atoms with Crippen molar-refractivity contribution in [1.29, 1.82) is 0 Å². The summed E-state index contributed by atoms with van der Waals surface area (Å²) in [6, 6.07) is 0. The van der Waals surface area contributed by atoms with Gasteiger partial charge in [0.25, 0.3) is 0 Å². The van der Waals surface area contributed by atoms with E-state index in [-0.39, 0.29) is 6.61 Å². The predicted molar refractivity (Wildman–Crippen MR) is 46.6 cm³/mol. The molecule has 0 radical (unpaired) electrons. The molecule has 1 aromatic heterocycles. The van der Waals surface area contributed by atoms with Crippen LogP contribution in [0, 0.1) is 0 Å². The van der Waals surface area contributed by atoms with Crippen LogP contribution in [0.1, 0.15) is 25.1 Å². The highest BCUT2D eigenvalue weighted by Crippen LogP contribution is 2.07. The lowest BCUT2D eigenvalue weighted by Crippen LogP contribution is -2.38. The Balaban J connectivity index is 3.16. The average molecular weight is 169 g/mol. The van der Waals surface area contributed by atoms with Gasteiger partial charge in [-0.25, -0.2) is 0 Å². The first-order valence-electron chi connectivity index (χ1n) is 4.42. The van der Waals surface area contributed by atoms with Gasteiger partial charge in [0.15, 0.2) is 13.2 Å². The van der Waals surface area contributed by atoms with E-state index in [0.29, 0.717) is 0 Å². The number of aliphatic hydroxyl groups is 1. The van der Waals surface area contributed by atoms with E-state index in [1.165, 1.54) is 5.56 Å². The zero-order valence-electron chi connectivity index (χ0n) is 8.04. The molecule has 0 aliphatic carbocycles. The molecule has 0 fully saturated rings. The number of aromatic nitrogens is 2. The maximum atomic E-state index is 9.14. The van der Waals surface area contributed by atoms with Gasteiger partial charge in [-0.3, -0.25) is 0 Å². The summed E-state index contributed by atoms with van der Waals surface area (Å²) >= 11 is 0. The molecule has 0 aromatic carbocycles. The molecule has 1 aromatic rings. The smallest absolute Gasteiger partial charge is 0.198 e. The molecule has 0 bridgehead atoms. The summed E-state index contributed by atoms with van der Waals surface area (Å²) in [7, 11) is 2.00. The number of hydrogen-bond donors (Lipinski definition) is 1. The quantitative estimate of drug-likeness (QED) is 0.651. The largest absolute Gasteiger partial charge is 0.390 e. The summed E-state index contributed by atoms with van der Waals surface area (Å²) in [5.74, 6) is 0. The van der Waals surface area contributed by atoms with Gasteiger partial charge < -0.3 is 5.11 Å². The zero-order chi connectivity index (χ0) is 9.14. The molecule has 0 spiro atoms. The first kappa shape index (κ1) is 9.26. The van der Waals surface area contributed by atoms with E-state index in [9.17, 15) is 0 Å². The second-order valence-electron chi connectivity index (χ2n) is 2.90. The van der Waals surface area contributed by atoms with Crippen molar-refractivity contribution in [3.8, 4) is 0 Å². The van der Waals surface area contributed by atoms with Crippen molar-refractivity contribution in [2.45, 2.75) is 33.4 Å². The van der Waals surface area contributed by atoms with Crippen LogP contribution in [-0.2, 0) is 26.6 Å². The Morgan fingerprint density at radius 3 is 2.58 bits per heavy atom. The minimum Gasteiger partial charge on any atom is -0.390 e. The minimum absolute atomic E-state index is 0.137. The Bertz CT molecular complexity index is 266. The van der Waals surface area contributed by atoms with Crippen molar-refractivity contribution in [2.24, 2.45) is 7.05 Å². The number of rotatable bonds is 3. The molecule has 12 heavy (non-hydrogen) atoms. The summed E-state index contributed by atoms with van der Waals surface area (Å²) in [5, 5.41) is 9.14. The van der Waals surface area contributed by atoms with Crippen molar-refractivity contribution >= 4 is 0 Å². The molecule has 68 valence electrons. The van der Waals surface area contributed by atoms with Gasteiger partial charge >= 0.3 is 0 Å². The molecule has 0 atom stereocenters. The van der Waals surface area contributed by atoms with Crippen LogP contribution in [0.5, 0.6) is 0 Å². The standard InChI is InChI=1S/C9H17N2O/c1-4-8-6-10(3)11(5-2)9(8)7-12/h6,12H,4-5,7H2,1-3H3/q+1. The van der Waals surface area contributed by atoms with Crippen molar-refractivity contribution in [3.05, 3.63) is 17.5 Å². The van der Waals surface area contributed by atoms with Crippen LogP contribution in [0.3, 0.4) is 0 Å². The van der Waals surface area contributed by atoms with Gasteiger partial charge in [0.2, 0.25) is 0 Å². The normalized spacial score (nSPS) is 10.7. The Morgan fingerprint density at radius 1 is 1.50 bits per heavy atom. The second-order valence-corrected chi connectivity index (χ2v) is 2.90. The first-order chi connectivity index (χ1) is 5.74. The second kappa shape index (κ2) is 3.72. The first-order valence-corrected chi connectivity index (χ1v) is 4.42. The Morgan fingerprint density at radius 2 is 2.17 bits per heavy atom. The third-order valence-electron chi connectivity index (χ3n) is 2.24. The molecule has 3 heteroatoms. The number of aryl methyl sites for hydroxylation is 2. The van der Waals surface area contributed by atoms with Gasteiger partial charge in [-0.2, -0.15) is 4.68 Å². The molecule has 1 N–H and O–H groups in total. The van der Waals surface area contributed by atoms with Crippen molar-refractivity contribution in [2.75, 3.05) is 0 Å². The van der Waals surface area contributed by atoms with Crippen LogP contribution in [0.4, 0.5) is 0 Å². The van der Waals surface area contributed by atoms with Crippen LogP contribution in [0.25, 0.3) is 0 Å². The monoisotopic (exact) mass is 169 g/mol. The Labute approximate surface area is 73.2 Å². The molecular weight excluding hydrogens is 152 g/mol. The molecule has 0 aliphatic rings. The fourth-order valence-electron chi connectivity index (χ4n) is 1.62. The predicted octanol–water partition coefficient (Wildman–Crippen LogP) is 0.387. The number of aliphatic hydroxyl groups excluding tert-OH is 1. The van der Waals surface area contributed by atoms with Crippen LogP contribution in [-0.4, -0.2) is 9.79 Å². The molecular formula is C9H17N2O+. The summed E-state index contributed by atoms with van der Waals surface area (Å²) in [6.45, 7) is 5.23. The third-order valence-corrected chi connectivity index (χ3v) is 2.24. The lowest BCUT2D eigenvalue weighted by molar-refractivity contribution is -0.754. The van der Waals surface area contributed by atoms with E-state index in [0.717, 1.165) is 18.7 Å². The van der Waals surface area contributed by atoms with Crippen LogP contribution < -0.4 is 4.68 Å². The van der Waals surface area contributed by atoms with E-state index < -0.39 is 0 Å². The maximum absolute atomic E-state index is 9.14. The Hall–Kier alpha value is -0.830. The van der Waals surface area contributed by atoms with Crippen molar-refractivity contribution in [3.63, 3.8) is 0 Å². The molecule has 0 saturated carbocycles. The zero-order valence-corrected chi connectivity index (χ0v) is 8.04. The van der Waals surface area contributed by atoms with Crippen LogP contribution >= 0.6 is 0 Å². The van der Waals surface area contributed by atoms with E-state index in [1.54, 1.807) is 0 Å². The molecule has 1 rings (SSSR count). The maximum Gasteiger partial charge on any atom is 0.198 e. The number of nitrogens with zero attached hydrogens (tertiary/aromatic N) is 2. The van der Waals surface area contributed by atoms with E-state index in [1.807, 2.05) is 11.7 Å². The van der Waals surface area contributed by atoms with E-state index in [4.69, 9.17) is 5.11 Å². The molecule has 0 amide bonds. The highest BCUT2D eigenvalue weighted by molar-refractivity contribution is 5.13.